The fraction of sp³-hybridized carbons (Fsp3) is 0.308. The molecule has 4 aromatic carbocycles. The van der Waals surface area contributed by atoms with E-state index in [1.54, 1.807) is 0 Å². The Morgan fingerprint density at radius 2 is 0.406 bits per heavy atom. The minimum atomic E-state index is -5.30. The van der Waals surface area contributed by atoms with Crippen molar-refractivity contribution >= 4 is 23.9 Å². The van der Waals surface area contributed by atoms with Crippen LogP contribution in [0.4, 0.5) is 88.4 Å². The van der Waals surface area contributed by atoms with E-state index in [0.29, 0.717) is 48.5 Å². The first-order valence-corrected chi connectivity index (χ1v) is 23.8. The molecule has 8 rings (SSSR count). The molecular formula is C52H32F20Li4O20. The smallest absolute Gasteiger partial charge is 0.546 e. The van der Waals surface area contributed by atoms with Crippen LogP contribution in [0.1, 0.15) is 22.3 Å². The summed E-state index contributed by atoms with van der Waals surface area (Å²) in [5, 5.41) is 117. The molecule has 96 heavy (non-hydrogen) atoms. The van der Waals surface area contributed by atoms with Crippen molar-refractivity contribution in [3.63, 3.8) is 0 Å². The molecule has 44 heteroatoms. The van der Waals surface area contributed by atoms with Gasteiger partial charge >= 0.3 is 122 Å². The Balaban J connectivity index is 0.000000631. The largest absolute Gasteiger partial charge is 1.00 e. The topological polar surface area (TPSA) is 359 Å². The zero-order valence-corrected chi connectivity index (χ0v) is 47.9. The molecule has 0 bridgehead atoms. The van der Waals surface area contributed by atoms with E-state index < -0.39 is 186 Å². The Morgan fingerprint density at radius 3 is 0.510 bits per heavy atom. The average molecular weight is 1380 g/mol. The summed E-state index contributed by atoms with van der Waals surface area (Å²) >= 11 is 0. The fourth-order valence-corrected chi connectivity index (χ4v) is 9.51. The Bertz CT molecular complexity index is 3150. The third kappa shape index (κ3) is 11.6. The number of hydrogen-bond donors (Lipinski definition) is 8. The van der Waals surface area contributed by atoms with Crippen LogP contribution < -0.4 is 95.9 Å². The monoisotopic (exact) mass is 1380 g/mol. The van der Waals surface area contributed by atoms with Gasteiger partial charge in [0.1, 0.15) is 0 Å². The number of carboxylic acids is 4. The van der Waals surface area contributed by atoms with Crippen molar-refractivity contribution < 1.29 is 264 Å². The van der Waals surface area contributed by atoms with Gasteiger partial charge in [0.05, 0.1) is 23.9 Å². The van der Waals surface area contributed by atoms with Crippen LogP contribution in [0.3, 0.4) is 0 Å². The molecule has 0 fully saturated rings. The van der Waals surface area contributed by atoms with Crippen LogP contribution in [-0.4, -0.2) is 134 Å². The Hall–Kier alpha value is -6.41. The molecule has 4 aliphatic carbocycles. The summed E-state index contributed by atoms with van der Waals surface area (Å²) in [6.45, 7) is 0. The van der Waals surface area contributed by atoms with Crippen molar-refractivity contribution in [3.8, 4) is 0 Å². The van der Waals surface area contributed by atoms with Crippen molar-refractivity contribution in [1.29, 1.82) is 0 Å². The van der Waals surface area contributed by atoms with Crippen molar-refractivity contribution in [2.45, 2.75) is 92.2 Å². The van der Waals surface area contributed by atoms with E-state index in [4.69, 9.17) is 20.4 Å². The van der Waals surface area contributed by atoms with Crippen molar-refractivity contribution in [2.75, 3.05) is 0 Å². The molecule has 16 unspecified atom stereocenters. The number of aliphatic hydroxyl groups excluding tert-OH is 4. The number of hydrogen-bond acceptors (Lipinski definition) is 20. The molecule has 16 atom stereocenters. The number of aliphatic hydroxyl groups is 8. The van der Waals surface area contributed by atoms with Crippen LogP contribution in [0.2, 0.25) is 0 Å². The molecule has 504 valence electrons. The van der Waals surface area contributed by atoms with Gasteiger partial charge < -0.3 is 80.5 Å². The van der Waals surface area contributed by atoms with Crippen LogP contribution in [0.15, 0.2) is 169 Å². The first-order chi connectivity index (χ1) is 41.9. The summed E-state index contributed by atoms with van der Waals surface area (Å²) in [6, 6.07) is 17.4. The molecule has 0 radical (unpaired) electrons. The van der Waals surface area contributed by atoms with Gasteiger partial charge in [0.15, 0.2) is 23.0 Å². The maximum atomic E-state index is 15.2. The summed E-state index contributed by atoms with van der Waals surface area (Å²) in [5.41, 5.74) is -42.5. The number of alkyl halides is 16. The molecule has 4 aliphatic rings. The van der Waals surface area contributed by atoms with Crippen molar-refractivity contribution in [2.24, 2.45) is 0 Å². The van der Waals surface area contributed by atoms with Gasteiger partial charge in [0.2, 0.25) is 45.4 Å². The van der Waals surface area contributed by atoms with Gasteiger partial charge in [-0.25, -0.2) is 35.1 Å². The van der Waals surface area contributed by atoms with Gasteiger partial charge in [-0.1, -0.05) is 121 Å². The molecular weight excluding hydrogens is 1350 g/mol. The van der Waals surface area contributed by atoms with E-state index in [9.17, 15) is 131 Å². The minimum Gasteiger partial charge on any atom is -0.546 e. The summed E-state index contributed by atoms with van der Waals surface area (Å²) in [6.07, 6.45) is -2.64. The number of carbonyl (C=O) groups excluding carboxylic acids is 4. The normalized spacial score (nSPS) is 38.8. The quantitative estimate of drug-likeness (QED) is 0.0482. The summed E-state index contributed by atoms with van der Waals surface area (Å²) in [5.74, 6) is -62.1. The Labute approximate surface area is 568 Å². The average Bonchev–Trinajstić information content (AvgIpc) is 0.711. The maximum absolute atomic E-state index is 15.2. The molecule has 20 nitrogen and oxygen atoms in total. The summed E-state index contributed by atoms with van der Waals surface area (Å²) in [4.78, 5) is 53.9. The predicted octanol–water partition coefficient (Wildman–Crippen LogP) is -8.02. The van der Waals surface area contributed by atoms with Gasteiger partial charge in [-0.2, -0.15) is 35.1 Å². The molecule has 0 saturated carbocycles. The molecule has 0 heterocycles. The third-order valence-corrected chi connectivity index (χ3v) is 14.5. The van der Waals surface area contributed by atoms with Crippen molar-refractivity contribution in [1.82, 2.24) is 0 Å². The number of aliphatic carboxylic acids is 4. The second-order valence-electron chi connectivity index (χ2n) is 19.4. The minimum absolute atomic E-state index is 0. The number of rotatable bonds is 12. The molecule has 0 spiro atoms. The van der Waals surface area contributed by atoms with Crippen molar-refractivity contribution in [3.05, 3.63) is 191 Å². The number of carbonyl (C=O) groups is 4. The molecule has 4 aromatic rings. The van der Waals surface area contributed by atoms with Crippen LogP contribution in [0.5, 0.6) is 0 Å². The standard InChI is InChI=1S/4C13H9F5O5.4Li/c4*14-10(9(20)21)6-8(19)12(16,22)13(17,23-18)11(10,15)7-4-2-1-3-5-7;;;;/h4*1-6,19,22H,(H,20,21);;;;/q;;;;4*+1/p-4. The second-order valence-corrected chi connectivity index (χ2v) is 19.4. The van der Waals surface area contributed by atoms with E-state index >= 15 is 17.6 Å². The molecule has 0 amide bonds. The Kier molecular flexibility index (Phi) is 26.3. The summed E-state index contributed by atoms with van der Waals surface area (Å²) in [7, 11) is 0. The van der Waals surface area contributed by atoms with E-state index in [1.807, 2.05) is 0 Å². The third-order valence-electron chi connectivity index (χ3n) is 14.5. The van der Waals surface area contributed by atoms with Crippen LogP contribution in [0.25, 0.3) is 0 Å². The molecule has 0 aliphatic heterocycles. The molecule has 0 saturated heterocycles. The van der Waals surface area contributed by atoms with E-state index in [-0.39, 0.29) is 75.4 Å². The number of halogens is 20. The first-order valence-electron chi connectivity index (χ1n) is 23.8. The number of carboxylic acid groups (broad SMARTS) is 4. The van der Waals surface area contributed by atoms with Crippen LogP contribution in [-0.2, 0) is 61.6 Å². The van der Waals surface area contributed by atoms with Gasteiger partial charge in [0.25, 0.3) is 0 Å². The van der Waals surface area contributed by atoms with Crippen LogP contribution >= 0.6 is 0 Å². The van der Waals surface area contributed by atoms with Gasteiger partial charge in [0, 0.05) is 24.3 Å². The predicted molar refractivity (Wildman–Crippen MR) is 244 cm³/mol. The first kappa shape index (κ1) is 87.6. The zero-order valence-electron chi connectivity index (χ0n) is 47.9. The zero-order chi connectivity index (χ0) is 70.7. The van der Waals surface area contributed by atoms with E-state index in [2.05, 4.69) is 19.8 Å². The van der Waals surface area contributed by atoms with Crippen LogP contribution in [0, 0.1) is 0 Å². The fourth-order valence-electron chi connectivity index (χ4n) is 9.51. The van der Waals surface area contributed by atoms with E-state index in [1.165, 1.54) is 24.3 Å². The van der Waals surface area contributed by atoms with Gasteiger partial charge in [-0.15, -0.1) is 19.8 Å². The molecule has 8 N–H and O–H groups in total. The second kappa shape index (κ2) is 28.8. The maximum Gasteiger partial charge on any atom is 1.00 e. The van der Waals surface area contributed by atoms with Gasteiger partial charge in [-0.3, -0.25) is 0 Å². The summed E-state index contributed by atoms with van der Waals surface area (Å²) < 4.78 is 285. The van der Waals surface area contributed by atoms with Gasteiger partial charge in [-0.05, 0) is 40.4 Å². The molecule has 0 aromatic heterocycles. The number of benzene rings is 4. The van der Waals surface area contributed by atoms with E-state index in [0.717, 1.165) is 48.5 Å². The SMILES string of the molecule is O=C([O-])C1(F)C=C(O)C(O)(F)C(F)(OF)C1(F)c1ccccc1.O=C([O-])C1(F)C=C(O)C(O)(F)C(F)(OF)C1(F)c1ccccc1.O=C([O-])C1(F)C=C(O)C(O)(F)C(F)(OF)C1(F)c1ccccc1.O=C([O-])C1(F)C=C(O)C(O)(F)C(F)(OF)C1(F)c1ccccc1.[Li+].[Li+].[Li+].[Li+]. The Morgan fingerprint density at radius 1 is 0.281 bits per heavy atom.